The van der Waals surface area contributed by atoms with E-state index in [1.54, 1.807) is 20.8 Å². The molecule has 0 aromatic carbocycles. The Morgan fingerprint density at radius 3 is 2.42 bits per heavy atom. The van der Waals surface area contributed by atoms with E-state index in [9.17, 15) is 22.8 Å². The van der Waals surface area contributed by atoms with Crippen LogP contribution in [0.3, 0.4) is 0 Å². The Hall–Kier alpha value is -2.11. The van der Waals surface area contributed by atoms with Crippen molar-refractivity contribution in [1.82, 2.24) is 10.2 Å². The van der Waals surface area contributed by atoms with Gasteiger partial charge in [-0.05, 0) is 76.1 Å². The van der Waals surface area contributed by atoms with E-state index in [0.29, 0.717) is 40.5 Å². The number of rotatable bonds is 5. The lowest BCUT2D eigenvalue weighted by Gasteiger charge is -2.25. The summed E-state index contributed by atoms with van der Waals surface area (Å²) in [4.78, 5) is 29.1. The highest BCUT2D eigenvalue weighted by Crippen LogP contribution is 2.43. The molecule has 0 saturated carbocycles. The zero-order valence-electron chi connectivity index (χ0n) is 21.0. The van der Waals surface area contributed by atoms with Gasteiger partial charge in [0.1, 0.15) is 15.5 Å². The molecule has 0 unspecified atom stereocenters. The van der Waals surface area contributed by atoms with E-state index in [4.69, 9.17) is 4.74 Å². The number of carbonyl (C=O) groups is 2. The number of nitrogens with zero attached hydrogens (tertiary/aromatic N) is 1. The first-order chi connectivity index (χ1) is 16.9. The molecule has 1 aliphatic heterocycles. The van der Waals surface area contributed by atoms with Gasteiger partial charge in [0.25, 0.3) is 0 Å². The van der Waals surface area contributed by atoms with E-state index in [-0.39, 0.29) is 12.1 Å². The predicted octanol–water partition coefficient (Wildman–Crippen LogP) is 6.36. The van der Waals surface area contributed by atoms with E-state index in [0.717, 1.165) is 54.0 Å². The summed E-state index contributed by atoms with van der Waals surface area (Å²) in [5.41, 5.74) is 1.41. The summed E-state index contributed by atoms with van der Waals surface area (Å²) in [6.07, 6.45) is -0.452. The molecule has 198 valence electrons. The van der Waals surface area contributed by atoms with Crippen LogP contribution in [-0.2, 0) is 43.3 Å². The Bertz CT molecular complexity index is 1150. The van der Waals surface area contributed by atoms with Gasteiger partial charge in [0, 0.05) is 29.4 Å². The van der Waals surface area contributed by atoms with E-state index in [1.165, 1.54) is 11.3 Å². The third kappa shape index (κ3) is 5.89. The molecule has 2 aromatic heterocycles. The normalized spacial score (nSPS) is 16.3. The van der Waals surface area contributed by atoms with Crippen molar-refractivity contribution in [2.45, 2.75) is 84.7 Å². The van der Waals surface area contributed by atoms with Crippen LogP contribution in [0.5, 0.6) is 0 Å². The molecular weight excluding hydrogens is 511 g/mol. The molecule has 36 heavy (non-hydrogen) atoms. The summed E-state index contributed by atoms with van der Waals surface area (Å²) in [5, 5.41) is 5.73. The quantitative estimate of drug-likeness (QED) is 0.431. The second-order valence-electron chi connectivity index (χ2n) is 10.2. The minimum atomic E-state index is -4.48. The van der Waals surface area contributed by atoms with Gasteiger partial charge in [-0.15, -0.1) is 22.7 Å². The Morgan fingerprint density at radius 1 is 1.03 bits per heavy atom. The monoisotopic (exact) mass is 543 g/mol. The maximum absolute atomic E-state index is 13.8. The largest absolute Gasteiger partial charge is 0.456 e. The molecule has 2 N–H and O–H groups in total. The smallest absolute Gasteiger partial charge is 0.425 e. The first kappa shape index (κ1) is 26.9. The number of likely N-dealkylation sites (N-methyl/N-ethyl adjacent to an activating group) is 1. The lowest BCUT2D eigenvalue weighted by Crippen LogP contribution is -2.32. The SMILES string of the molecule is CCN1CCc2c(sc(C(F)(F)F)c2CNC(=O)Nc2sc3c(c2C(=O)OC(C)(C)C)CCCC3)C1. The van der Waals surface area contributed by atoms with Gasteiger partial charge >= 0.3 is 18.2 Å². The molecule has 4 rings (SSSR count). The molecule has 2 aliphatic rings. The molecule has 0 bridgehead atoms. The van der Waals surface area contributed by atoms with Crippen molar-refractivity contribution in [2.24, 2.45) is 0 Å². The van der Waals surface area contributed by atoms with Crippen LogP contribution in [0, 0.1) is 0 Å². The molecular formula is C25H32F3N3O3S2. The molecule has 0 radical (unpaired) electrons. The number of carbonyl (C=O) groups excluding carboxylic acids is 2. The van der Waals surface area contributed by atoms with Crippen LogP contribution < -0.4 is 10.6 Å². The second-order valence-corrected chi connectivity index (χ2v) is 12.4. The van der Waals surface area contributed by atoms with Crippen molar-refractivity contribution in [1.29, 1.82) is 0 Å². The zero-order valence-corrected chi connectivity index (χ0v) is 22.6. The van der Waals surface area contributed by atoms with Crippen LogP contribution in [-0.4, -0.2) is 35.6 Å². The van der Waals surface area contributed by atoms with Gasteiger partial charge in [0.15, 0.2) is 0 Å². The van der Waals surface area contributed by atoms with Crippen molar-refractivity contribution in [3.63, 3.8) is 0 Å². The highest BCUT2D eigenvalue weighted by molar-refractivity contribution is 7.17. The highest BCUT2D eigenvalue weighted by atomic mass is 32.1. The average molecular weight is 544 g/mol. The minimum absolute atomic E-state index is 0.145. The van der Waals surface area contributed by atoms with Crippen LogP contribution in [0.4, 0.5) is 23.0 Å². The van der Waals surface area contributed by atoms with E-state index >= 15 is 0 Å². The van der Waals surface area contributed by atoms with Crippen molar-refractivity contribution >= 4 is 39.7 Å². The summed E-state index contributed by atoms with van der Waals surface area (Å²) in [7, 11) is 0. The third-order valence-corrected chi connectivity index (χ3v) is 8.89. The Kier molecular flexibility index (Phi) is 7.73. The summed E-state index contributed by atoms with van der Waals surface area (Å²) in [5.74, 6) is -0.496. The molecule has 1 aliphatic carbocycles. The zero-order chi connectivity index (χ0) is 26.3. The molecule has 0 saturated heterocycles. The maximum Gasteiger partial charge on any atom is 0.425 e. The van der Waals surface area contributed by atoms with Crippen LogP contribution in [0.2, 0.25) is 0 Å². The summed E-state index contributed by atoms with van der Waals surface area (Å²) >= 11 is 2.12. The van der Waals surface area contributed by atoms with Gasteiger partial charge in [-0.25, -0.2) is 9.59 Å². The van der Waals surface area contributed by atoms with Crippen LogP contribution >= 0.6 is 22.7 Å². The number of amides is 2. The Balaban J connectivity index is 1.54. The topological polar surface area (TPSA) is 70.7 Å². The van der Waals surface area contributed by atoms with Gasteiger partial charge in [-0.1, -0.05) is 6.92 Å². The molecule has 2 aromatic rings. The van der Waals surface area contributed by atoms with Gasteiger partial charge in [-0.2, -0.15) is 13.2 Å². The number of aryl methyl sites for hydroxylation is 1. The minimum Gasteiger partial charge on any atom is -0.456 e. The number of fused-ring (bicyclic) bond motifs is 2. The molecule has 2 amide bonds. The number of hydrogen-bond acceptors (Lipinski definition) is 6. The lowest BCUT2D eigenvalue weighted by molar-refractivity contribution is -0.135. The van der Waals surface area contributed by atoms with Gasteiger partial charge in [0.05, 0.1) is 5.56 Å². The number of esters is 1. The van der Waals surface area contributed by atoms with Gasteiger partial charge in [-0.3, -0.25) is 10.2 Å². The van der Waals surface area contributed by atoms with E-state index in [1.807, 2.05) is 6.92 Å². The fraction of sp³-hybridized carbons (Fsp3) is 0.600. The molecule has 6 nitrogen and oxygen atoms in total. The summed E-state index contributed by atoms with van der Waals surface area (Å²) in [6, 6.07) is -0.641. The number of nitrogens with one attached hydrogen (secondary N) is 2. The van der Waals surface area contributed by atoms with Crippen LogP contribution in [0.1, 0.15) is 82.2 Å². The third-order valence-electron chi connectivity index (χ3n) is 6.38. The number of anilines is 1. The number of hydrogen-bond donors (Lipinski definition) is 2. The number of alkyl halides is 3. The number of ether oxygens (including phenoxy) is 1. The fourth-order valence-corrected chi connectivity index (χ4v) is 7.27. The van der Waals surface area contributed by atoms with E-state index < -0.39 is 28.7 Å². The van der Waals surface area contributed by atoms with Crippen LogP contribution in [0.15, 0.2) is 0 Å². The maximum atomic E-state index is 13.8. The van der Waals surface area contributed by atoms with E-state index in [2.05, 4.69) is 15.5 Å². The molecule has 11 heteroatoms. The highest BCUT2D eigenvalue weighted by Gasteiger charge is 2.39. The summed E-state index contributed by atoms with van der Waals surface area (Å²) < 4.78 is 47.0. The summed E-state index contributed by atoms with van der Waals surface area (Å²) in [6.45, 7) is 9.06. The Morgan fingerprint density at radius 2 is 1.75 bits per heavy atom. The molecule has 0 spiro atoms. The first-order valence-corrected chi connectivity index (χ1v) is 13.9. The number of urea groups is 1. The number of thiophene rings is 2. The predicted molar refractivity (Wildman–Crippen MR) is 136 cm³/mol. The van der Waals surface area contributed by atoms with Gasteiger partial charge in [0.2, 0.25) is 0 Å². The van der Waals surface area contributed by atoms with Crippen molar-refractivity contribution in [3.8, 4) is 0 Å². The first-order valence-electron chi connectivity index (χ1n) is 12.2. The van der Waals surface area contributed by atoms with Gasteiger partial charge < -0.3 is 10.1 Å². The second kappa shape index (κ2) is 10.3. The van der Waals surface area contributed by atoms with Crippen LogP contribution in [0.25, 0.3) is 0 Å². The number of halogens is 3. The molecule has 3 heterocycles. The standard InChI is InChI=1S/C25H32F3N3O3S2/c1-5-31-11-10-14-16(20(25(26,27)28)35-18(14)13-31)12-29-23(33)30-21-19(22(32)34-24(2,3)4)15-8-6-7-9-17(15)36-21/h5-13H2,1-4H3,(H2,29,30,33). The lowest BCUT2D eigenvalue weighted by atomic mass is 9.95. The Labute approximate surface area is 217 Å². The average Bonchev–Trinajstić information content (AvgIpc) is 3.33. The van der Waals surface area contributed by atoms with Crippen molar-refractivity contribution < 1.29 is 27.5 Å². The fourth-order valence-electron chi connectivity index (χ4n) is 4.72. The van der Waals surface area contributed by atoms with Crippen molar-refractivity contribution in [2.75, 3.05) is 18.4 Å². The van der Waals surface area contributed by atoms with Crippen molar-refractivity contribution in [3.05, 3.63) is 36.9 Å². The molecule has 0 atom stereocenters. The molecule has 0 fully saturated rings.